The van der Waals surface area contributed by atoms with Crippen LogP contribution in [0.15, 0.2) is 48.5 Å². The van der Waals surface area contributed by atoms with E-state index in [9.17, 15) is 4.79 Å². The lowest BCUT2D eigenvalue weighted by Gasteiger charge is -2.12. The average Bonchev–Trinajstić information content (AvgIpc) is 2.91. The van der Waals surface area contributed by atoms with Crippen LogP contribution in [-0.4, -0.2) is 22.1 Å². The van der Waals surface area contributed by atoms with Gasteiger partial charge in [-0.25, -0.2) is 9.78 Å². The molecular weight excluding hydrogens is 300 g/mol. The highest BCUT2D eigenvalue weighted by Crippen LogP contribution is 2.16. The van der Waals surface area contributed by atoms with Gasteiger partial charge in [-0.15, -0.1) is 0 Å². The lowest BCUT2D eigenvalue weighted by molar-refractivity contribution is 0.251. The third-order valence-corrected chi connectivity index (χ3v) is 4.11. The Kier molecular flexibility index (Phi) is 4.79. The van der Waals surface area contributed by atoms with Crippen LogP contribution in [-0.2, 0) is 13.0 Å². The van der Waals surface area contributed by atoms with Crippen molar-refractivity contribution in [1.82, 2.24) is 14.9 Å². The van der Waals surface area contributed by atoms with E-state index in [-0.39, 0.29) is 6.03 Å². The molecule has 0 radical (unpaired) electrons. The summed E-state index contributed by atoms with van der Waals surface area (Å²) >= 11 is 0. The minimum Gasteiger partial charge on any atom is -0.336 e. The molecule has 0 spiro atoms. The van der Waals surface area contributed by atoms with Gasteiger partial charge in [-0.2, -0.15) is 0 Å². The van der Waals surface area contributed by atoms with Gasteiger partial charge in [0.2, 0.25) is 0 Å². The highest BCUT2D eigenvalue weighted by Gasteiger charge is 2.08. The van der Waals surface area contributed by atoms with E-state index in [4.69, 9.17) is 0 Å². The van der Waals surface area contributed by atoms with E-state index in [2.05, 4.69) is 27.1 Å². The number of carbonyl (C=O) groups excluding carboxylic acids is 1. The summed E-state index contributed by atoms with van der Waals surface area (Å²) in [5.41, 5.74) is 4.07. The molecule has 2 N–H and O–H groups in total. The summed E-state index contributed by atoms with van der Waals surface area (Å²) in [5, 5.41) is 5.83. The van der Waals surface area contributed by atoms with Crippen LogP contribution in [0.2, 0.25) is 0 Å². The molecule has 5 heteroatoms. The largest absolute Gasteiger partial charge is 0.336 e. The molecule has 2 aromatic carbocycles. The number of para-hydroxylation sites is 3. The van der Waals surface area contributed by atoms with Gasteiger partial charge in [-0.3, -0.25) is 0 Å². The minimum absolute atomic E-state index is 0.182. The number of nitrogens with zero attached hydrogens (tertiary/aromatic N) is 2. The van der Waals surface area contributed by atoms with Gasteiger partial charge < -0.3 is 15.2 Å². The van der Waals surface area contributed by atoms with Crippen molar-refractivity contribution in [1.29, 1.82) is 0 Å². The number of hydrogen-bond donors (Lipinski definition) is 2. The number of nitrogens with one attached hydrogen (secondary N) is 2. The Hall–Kier alpha value is -2.82. The maximum absolute atomic E-state index is 12.1. The maximum Gasteiger partial charge on any atom is 0.319 e. The van der Waals surface area contributed by atoms with Crippen molar-refractivity contribution >= 4 is 22.8 Å². The predicted octanol–water partition coefficient (Wildman–Crippen LogP) is 3.73. The highest BCUT2D eigenvalue weighted by molar-refractivity contribution is 5.90. The van der Waals surface area contributed by atoms with E-state index in [1.165, 1.54) is 0 Å². The van der Waals surface area contributed by atoms with E-state index in [1.54, 1.807) is 0 Å². The topological polar surface area (TPSA) is 59.0 Å². The van der Waals surface area contributed by atoms with E-state index in [0.717, 1.165) is 34.5 Å². The van der Waals surface area contributed by atoms with E-state index < -0.39 is 0 Å². The Morgan fingerprint density at radius 3 is 2.71 bits per heavy atom. The standard InChI is InChI=1S/C19H22N4O/c1-3-15-8-4-5-9-16(15)22-19(24)20-12-13-23-14(2)21-17-10-6-7-11-18(17)23/h4-11H,3,12-13H2,1-2H3,(H2,20,22,24). The van der Waals surface area contributed by atoms with Crippen molar-refractivity contribution in [2.75, 3.05) is 11.9 Å². The van der Waals surface area contributed by atoms with Crippen molar-refractivity contribution in [2.24, 2.45) is 0 Å². The molecule has 2 amide bonds. The number of aryl methyl sites for hydroxylation is 2. The van der Waals surface area contributed by atoms with Gasteiger partial charge in [0.15, 0.2) is 0 Å². The average molecular weight is 322 g/mol. The van der Waals surface area contributed by atoms with Gasteiger partial charge in [0, 0.05) is 18.8 Å². The number of urea groups is 1. The molecule has 3 rings (SSSR count). The zero-order valence-electron chi connectivity index (χ0n) is 14.0. The fourth-order valence-corrected chi connectivity index (χ4v) is 2.88. The van der Waals surface area contributed by atoms with Crippen LogP contribution < -0.4 is 10.6 Å². The summed E-state index contributed by atoms with van der Waals surface area (Å²) in [6, 6.07) is 15.7. The first-order valence-corrected chi connectivity index (χ1v) is 8.23. The van der Waals surface area contributed by atoms with Crippen LogP contribution in [0.3, 0.4) is 0 Å². The number of imidazole rings is 1. The van der Waals surface area contributed by atoms with Gasteiger partial charge in [-0.1, -0.05) is 37.3 Å². The lowest BCUT2D eigenvalue weighted by Crippen LogP contribution is -2.32. The number of amides is 2. The zero-order valence-corrected chi connectivity index (χ0v) is 14.0. The second-order valence-corrected chi connectivity index (χ2v) is 5.69. The van der Waals surface area contributed by atoms with Crippen molar-refractivity contribution in [3.8, 4) is 0 Å². The number of rotatable bonds is 5. The van der Waals surface area contributed by atoms with Crippen molar-refractivity contribution in [3.63, 3.8) is 0 Å². The van der Waals surface area contributed by atoms with Gasteiger partial charge in [-0.05, 0) is 37.1 Å². The summed E-state index contributed by atoms with van der Waals surface area (Å²) in [7, 11) is 0. The number of fused-ring (bicyclic) bond motifs is 1. The number of hydrogen-bond acceptors (Lipinski definition) is 2. The van der Waals surface area contributed by atoms with Crippen molar-refractivity contribution in [3.05, 3.63) is 59.9 Å². The summed E-state index contributed by atoms with van der Waals surface area (Å²) in [5.74, 6) is 0.953. The molecule has 0 aliphatic carbocycles. The first-order chi connectivity index (χ1) is 11.7. The zero-order chi connectivity index (χ0) is 16.9. The predicted molar refractivity (Wildman–Crippen MR) is 97.3 cm³/mol. The maximum atomic E-state index is 12.1. The molecule has 0 atom stereocenters. The molecule has 3 aromatic rings. The minimum atomic E-state index is -0.182. The summed E-state index contributed by atoms with van der Waals surface area (Å²) < 4.78 is 2.12. The first kappa shape index (κ1) is 16.1. The van der Waals surface area contributed by atoms with Crippen LogP contribution in [0.1, 0.15) is 18.3 Å². The summed E-state index contributed by atoms with van der Waals surface area (Å²) in [6.45, 7) is 5.29. The third kappa shape index (κ3) is 3.40. The molecule has 1 heterocycles. The van der Waals surface area contributed by atoms with Crippen LogP contribution in [0.5, 0.6) is 0 Å². The molecule has 5 nitrogen and oxygen atoms in total. The van der Waals surface area contributed by atoms with Crippen molar-refractivity contribution in [2.45, 2.75) is 26.8 Å². The molecular formula is C19H22N4O. The van der Waals surface area contributed by atoms with Crippen LogP contribution >= 0.6 is 0 Å². The molecule has 0 aliphatic rings. The quantitative estimate of drug-likeness (QED) is 0.752. The normalized spacial score (nSPS) is 10.8. The summed E-state index contributed by atoms with van der Waals surface area (Å²) in [4.78, 5) is 16.6. The summed E-state index contributed by atoms with van der Waals surface area (Å²) in [6.07, 6.45) is 0.886. The second-order valence-electron chi connectivity index (χ2n) is 5.69. The molecule has 0 bridgehead atoms. The van der Waals surface area contributed by atoms with Crippen LogP contribution in [0, 0.1) is 6.92 Å². The van der Waals surface area contributed by atoms with Crippen molar-refractivity contribution < 1.29 is 4.79 Å². The van der Waals surface area contributed by atoms with Gasteiger partial charge in [0.25, 0.3) is 0 Å². The molecule has 0 saturated carbocycles. The van der Waals surface area contributed by atoms with E-state index >= 15 is 0 Å². The first-order valence-electron chi connectivity index (χ1n) is 8.23. The van der Waals surface area contributed by atoms with Crippen LogP contribution in [0.4, 0.5) is 10.5 Å². The smallest absolute Gasteiger partial charge is 0.319 e. The molecule has 0 aliphatic heterocycles. The van der Waals surface area contributed by atoms with Gasteiger partial charge in [0.05, 0.1) is 11.0 Å². The second kappa shape index (κ2) is 7.17. The number of benzene rings is 2. The van der Waals surface area contributed by atoms with Gasteiger partial charge in [0.1, 0.15) is 5.82 Å². The Balaban J connectivity index is 1.60. The number of anilines is 1. The molecule has 1 aromatic heterocycles. The molecule has 24 heavy (non-hydrogen) atoms. The van der Waals surface area contributed by atoms with E-state index in [1.807, 2.05) is 55.5 Å². The Morgan fingerprint density at radius 2 is 1.88 bits per heavy atom. The Morgan fingerprint density at radius 1 is 1.12 bits per heavy atom. The fraction of sp³-hybridized carbons (Fsp3) is 0.263. The fourth-order valence-electron chi connectivity index (χ4n) is 2.88. The SMILES string of the molecule is CCc1ccccc1NC(=O)NCCn1c(C)nc2ccccc21. The molecule has 0 saturated heterocycles. The monoisotopic (exact) mass is 322 g/mol. The van der Waals surface area contributed by atoms with E-state index in [0.29, 0.717) is 13.1 Å². The Labute approximate surface area is 141 Å². The highest BCUT2D eigenvalue weighted by atomic mass is 16.2. The molecule has 0 unspecified atom stereocenters. The number of aromatic nitrogens is 2. The lowest BCUT2D eigenvalue weighted by atomic mass is 10.1. The van der Waals surface area contributed by atoms with Crippen LogP contribution in [0.25, 0.3) is 11.0 Å². The molecule has 124 valence electrons. The Bertz CT molecular complexity index is 853. The number of carbonyl (C=O) groups is 1. The van der Waals surface area contributed by atoms with Gasteiger partial charge >= 0.3 is 6.03 Å². The third-order valence-electron chi connectivity index (χ3n) is 4.11. The molecule has 0 fully saturated rings.